The SMILES string of the molecule is CCc1occc1C(NC)C1CCOC1. The van der Waals surface area contributed by atoms with Gasteiger partial charge in [0, 0.05) is 30.6 Å². The molecule has 1 aromatic rings. The lowest BCUT2D eigenvalue weighted by Crippen LogP contribution is -2.26. The van der Waals surface area contributed by atoms with Crippen LogP contribution in [0.2, 0.25) is 0 Å². The predicted molar refractivity (Wildman–Crippen MR) is 58.8 cm³/mol. The summed E-state index contributed by atoms with van der Waals surface area (Å²) in [6.07, 6.45) is 3.88. The minimum absolute atomic E-state index is 0.376. The Hall–Kier alpha value is -0.800. The second-order valence-electron chi connectivity index (χ2n) is 4.04. The predicted octanol–water partition coefficient (Wildman–Crippen LogP) is 2.14. The van der Waals surface area contributed by atoms with E-state index in [-0.39, 0.29) is 0 Å². The maximum atomic E-state index is 5.48. The Morgan fingerprint density at radius 3 is 3.07 bits per heavy atom. The number of rotatable bonds is 4. The molecule has 3 nitrogen and oxygen atoms in total. The number of ether oxygens (including phenoxy) is 1. The maximum absolute atomic E-state index is 5.48. The topological polar surface area (TPSA) is 34.4 Å². The van der Waals surface area contributed by atoms with Crippen molar-refractivity contribution in [2.24, 2.45) is 5.92 Å². The van der Waals surface area contributed by atoms with E-state index in [0.717, 1.165) is 31.8 Å². The second-order valence-corrected chi connectivity index (χ2v) is 4.04. The zero-order valence-electron chi connectivity index (χ0n) is 9.45. The van der Waals surface area contributed by atoms with Crippen molar-refractivity contribution < 1.29 is 9.15 Å². The van der Waals surface area contributed by atoms with Crippen LogP contribution in [0, 0.1) is 5.92 Å². The fraction of sp³-hybridized carbons (Fsp3) is 0.667. The van der Waals surface area contributed by atoms with Gasteiger partial charge in [-0.15, -0.1) is 0 Å². The smallest absolute Gasteiger partial charge is 0.108 e. The van der Waals surface area contributed by atoms with Gasteiger partial charge in [-0.2, -0.15) is 0 Å². The van der Waals surface area contributed by atoms with Crippen molar-refractivity contribution in [2.75, 3.05) is 20.3 Å². The first-order valence-electron chi connectivity index (χ1n) is 5.68. The van der Waals surface area contributed by atoms with Crippen LogP contribution in [-0.2, 0) is 11.2 Å². The molecule has 2 rings (SSSR count). The van der Waals surface area contributed by atoms with Crippen LogP contribution in [-0.4, -0.2) is 20.3 Å². The Morgan fingerprint density at radius 2 is 2.47 bits per heavy atom. The molecular formula is C12H19NO2. The summed E-state index contributed by atoms with van der Waals surface area (Å²) < 4.78 is 10.9. The summed E-state index contributed by atoms with van der Waals surface area (Å²) in [7, 11) is 2.01. The largest absolute Gasteiger partial charge is 0.469 e. The van der Waals surface area contributed by atoms with Crippen LogP contribution in [0.25, 0.3) is 0 Å². The molecule has 1 fully saturated rings. The van der Waals surface area contributed by atoms with Gasteiger partial charge in [-0.05, 0) is 19.5 Å². The summed E-state index contributed by atoms with van der Waals surface area (Å²) >= 11 is 0. The molecule has 2 heterocycles. The van der Waals surface area contributed by atoms with Crippen molar-refractivity contribution in [3.05, 3.63) is 23.7 Å². The number of hydrogen-bond acceptors (Lipinski definition) is 3. The van der Waals surface area contributed by atoms with Crippen LogP contribution in [0.1, 0.15) is 30.7 Å². The average Bonchev–Trinajstić information content (AvgIpc) is 2.89. The molecule has 2 atom stereocenters. The van der Waals surface area contributed by atoms with Gasteiger partial charge >= 0.3 is 0 Å². The highest BCUT2D eigenvalue weighted by atomic mass is 16.5. The number of aryl methyl sites for hydroxylation is 1. The lowest BCUT2D eigenvalue weighted by Gasteiger charge is -2.21. The molecule has 0 radical (unpaired) electrons. The van der Waals surface area contributed by atoms with Crippen LogP contribution in [0.15, 0.2) is 16.7 Å². The highest BCUT2D eigenvalue weighted by molar-refractivity contribution is 5.22. The third-order valence-electron chi connectivity index (χ3n) is 3.18. The molecule has 1 aliphatic rings. The highest BCUT2D eigenvalue weighted by Crippen LogP contribution is 2.31. The van der Waals surface area contributed by atoms with Crippen molar-refractivity contribution in [2.45, 2.75) is 25.8 Å². The molecule has 84 valence electrons. The first-order chi connectivity index (χ1) is 7.36. The monoisotopic (exact) mass is 209 g/mol. The average molecular weight is 209 g/mol. The molecule has 1 N–H and O–H groups in total. The van der Waals surface area contributed by atoms with Crippen molar-refractivity contribution >= 4 is 0 Å². The first kappa shape index (κ1) is 10.7. The molecule has 0 amide bonds. The van der Waals surface area contributed by atoms with E-state index >= 15 is 0 Å². The van der Waals surface area contributed by atoms with Gasteiger partial charge in [0.15, 0.2) is 0 Å². The van der Waals surface area contributed by atoms with Gasteiger partial charge in [-0.3, -0.25) is 0 Å². The standard InChI is InChI=1S/C12H19NO2/c1-3-11-10(5-7-15-11)12(13-2)9-4-6-14-8-9/h5,7,9,12-13H,3-4,6,8H2,1-2H3. The van der Waals surface area contributed by atoms with Gasteiger partial charge in [0.05, 0.1) is 12.9 Å². The van der Waals surface area contributed by atoms with Gasteiger partial charge in [-0.1, -0.05) is 6.92 Å². The fourth-order valence-corrected chi connectivity index (χ4v) is 2.38. The summed E-state index contributed by atoms with van der Waals surface area (Å²) in [5, 5.41) is 3.38. The Morgan fingerprint density at radius 1 is 1.60 bits per heavy atom. The van der Waals surface area contributed by atoms with Crippen LogP contribution >= 0.6 is 0 Å². The molecule has 0 aromatic carbocycles. The van der Waals surface area contributed by atoms with Gasteiger partial charge < -0.3 is 14.5 Å². The minimum atomic E-state index is 0.376. The van der Waals surface area contributed by atoms with E-state index in [1.54, 1.807) is 6.26 Å². The lowest BCUT2D eigenvalue weighted by atomic mass is 9.92. The summed E-state index contributed by atoms with van der Waals surface area (Å²) in [4.78, 5) is 0. The Kier molecular flexibility index (Phi) is 3.44. The van der Waals surface area contributed by atoms with Crippen molar-refractivity contribution in [3.8, 4) is 0 Å². The Balaban J connectivity index is 2.17. The zero-order valence-corrected chi connectivity index (χ0v) is 9.45. The molecule has 15 heavy (non-hydrogen) atoms. The van der Waals surface area contributed by atoms with E-state index in [2.05, 4.69) is 18.3 Å². The normalized spacial score (nSPS) is 23.2. The molecular weight excluding hydrogens is 190 g/mol. The Bertz CT molecular complexity index is 302. The number of hydrogen-bond donors (Lipinski definition) is 1. The molecule has 3 heteroatoms. The summed E-state index contributed by atoms with van der Waals surface area (Å²) in [5.74, 6) is 1.68. The van der Waals surface area contributed by atoms with Gasteiger partial charge in [0.2, 0.25) is 0 Å². The number of furan rings is 1. The van der Waals surface area contributed by atoms with Gasteiger partial charge in [-0.25, -0.2) is 0 Å². The molecule has 0 bridgehead atoms. The molecule has 1 aromatic heterocycles. The summed E-state index contributed by atoms with van der Waals surface area (Å²) in [6.45, 7) is 3.88. The fourth-order valence-electron chi connectivity index (χ4n) is 2.38. The quantitative estimate of drug-likeness (QED) is 0.825. The molecule has 2 unspecified atom stereocenters. The zero-order chi connectivity index (χ0) is 10.7. The van der Waals surface area contributed by atoms with Crippen LogP contribution < -0.4 is 5.32 Å². The van der Waals surface area contributed by atoms with E-state index in [9.17, 15) is 0 Å². The maximum Gasteiger partial charge on any atom is 0.108 e. The Labute approximate surface area is 90.8 Å². The van der Waals surface area contributed by atoms with Gasteiger partial charge in [0.25, 0.3) is 0 Å². The van der Waals surface area contributed by atoms with E-state index in [1.165, 1.54) is 5.56 Å². The van der Waals surface area contributed by atoms with E-state index in [4.69, 9.17) is 9.15 Å². The van der Waals surface area contributed by atoms with Crippen molar-refractivity contribution in [1.29, 1.82) is 0 Å². The first-order valence-corrected chi connectivity index (χ1v) is 5.68. The van der Waals surface area contributed by atoms with Crippen molar-refractivity contribution in [3.63, 3.8) is 0 Å². The van der Waals surface area contributed by atoms with Gasteiger partial charge in [0.1, 0.15) is 5.76 Å². The summed E-state index contributed by atoms with van der Waals surface area (Å²) in [6, 6.07) is 2.46. The molecule has 1 aliphatic heterocycles. The van der Waals surface area contributed by atoms with Crippen LogP contribution in [0.4, 0.5) is 0 Å². The molecule has 1 saturated heterocycles. The van der Waals surface area contributed by atoms with Crippen molar-refractivity contribution in [1.82, 2.24) is 5.32 Å². The molecule has 0 spiro atoms. The van der Waals surface area contributed by atoms with Crippen LogP contribution in [0.3, 0.4) is 0 Å². The van der Waals surface area contributed by atoms with E-state index in [0.29, 0.717) is 12.0 Å². The number of nitrogens with one attached hydrogen (secondary N) is 1. The molecule has 0 aliphatic carbocycles. The molecule has 0 saturated carbocycles. The minimum Gasteiger partial charge on any atom is -0.469 e. The second kappa shape index (κ2) is 4.81. The van der Waals surface area contributed by atoms with E-state index in [1.807, 2.05) is 7.05 Å². The lowest BCUT2D eigenvalue weighted by molar-refractivity contribution is 0.177. The van der Waals surface area contributed by atoms with Crippen LogP contribution in [0.5, 0.6) is 0 Å². The van der Waals surface area contributed by atoms with E-state index < -0.39 is 0 Å². The third-order valence-corrected chi connectivity index (χ3v) is 3.18. The third kappa shape index (κ3) is 2.08. The summed E-state index contributed by atoms with van der Waals surface area (Å²) in [5.41, 5.74) is 1.30. The highest BCUT2D eigenvalue weighted by Gasteiger charge is 2.28.